The van der Waals surface area contributed by atoms with Crippen LogP contribution in [0, 0.1) is 11.6 Å². The number of piperazine rings is 1. The van der Waals surface area contributed by atoms with Crippen molar-refractivity contribution in [2.24, 2.45) is 0 Å². The van der Waals surface area contributed by atoms with Crippen LogP contribution in [0.25, 0.3) is 0 Å². The Labute approximate surface area is 135 Å². The molecule has 0 saturated carbocycles. The zero-order valence-corrected chi connectivity index (χ0v) is 13.5. The van der Waals surface area contributed by atoms with Crippen LogP contribution in [0.1, 0.15) is 31.9 Å². The number of carbonyl (C=O) groups excluding carboxylic acids is 1. The quantitative estimate of drug-likeness (QED) is 0.799. The van der Waals surface area contributed by atoms with E-state index in [1.807, 2.05) is 13.8 Å². The average molecular weight is 324 g/mol. The fourth-order valence-corrected chi connectivity index (χ4v) is 3.51. The van der Waals surface area contributed by atoms with E-state index in [2.05, 4.69) is 9.80 Å². The molecule has 1 aromatic rings. The standard InChI is InChI=1S/C17H22F2N2O2/c1-11-9-16(17(22)23-11)21-7-5-20(6-8-21)12(2)14-4-3-13(18)10-15(14)19/h3-4,10-12,16H,5-9H2,1-2H3/t11-,12-,16-/m1/s1. The molecule has 2 fully saturated rings. The second kappa shape index (κ2) is 6.53. The molecule has 0 spiro atoms. The molecule has 3 rings (SSSR count). The number of cyclic esters (lactones) is 1. The van der Waals surface area contributed by atoms with Gasteiger partial charge in [0.15, 0.2) is 0 Å². The first-order valence-electron chi connectivity index (χ1n) is 8.09. The summed E-state index contributed by atoms with van der Waals surface area (Å²) >= 11 is 0. The lowest BCUT2D eigenvalue weighted by atomic mass is 10.0. The van der Waals surface area contributed by atoms with Crippen molar-refractivity contribution in [3.63, 3.8) is 0 Å². The number of esters is 1. The van der Waals surface area contributed by atoms with Crippen LogP contribution in [-0.2, 0) is 9.53 Å². The summed E-state index contributed by atoms with van der Waals surface area (Å²) in [4.78, 5) is 16.1. The highest BCUT2D eigenvalue weighted by Gasteiger charge is 2.38. The summed E-state index contributed by atoms with van der Waals surface area (Å²) in [6.45, 7) is 6.83. The van der Waals surface area contributed by atoms with Crippen molar-refractivity contribution < 1.29 is 18.3 Å². The van der Waals surface area contributed by atoms with E-state index in [4.69, 9.17) is 4.74 Å². The molecule has 0 bridgehead atoms. The van der Waals surface area contributed by atoms with E-state index < -0.39 is 11.6 Å². The Morgan fingerprint density at radius 1 is 1.22 bits per heavy atom. The van der Waals surface area contributed by atoms with E-state index >= 15 is 0 Å². The van der Waals surface area contributed by atoms with Gasteiger partial charge in [0.2, 0.25) is 0 Å². The number of ether oxygens (including phenoxy) is 1. The molecule has 0 amide bonds. The third kappa shape index (κ3) is 3.38. The number of rotatable bonds is 3. The maximum atomic E-state index is 13.9. The van der Waals surface area contributed by atoms with Crippen LogP contribution >= 0.6 is 0 Å². The zero-order valence-electron chi connectivity index (χ0n) is 13.5. The van der Waals surface area contributed by atoms with Crippen molar-refractivity contribution in [1.82, 2.24) is 9.80 Å². The van der Waals surface area contributed by atoms with Crippen molar-refractivity contribution in [2.45, 2.75) is 38.5 Å². The molecular formula is C17H22F2N2O2. The van der Waals surface area contributed by atoms with Gasteiger partial charge < -0.3 is 4.74 Å². The molecular weight excluding hydrogens is 302 g/mol. The number of benzene rings is 1. The number of hydrogen-bond acceptors (Lipinski definition) is 4. The zero-order chi connectivity index (χ0) is 16.6. The smallest absolute Gasteiger partial charge is 0.323 e. The van der Waals surface area contributed by atoms with Crippen molar-refractivity contribution in [3.8, 4) is 0 Å². The minimum absolute atomic E-state index is 0.0160. The van der Waals surface area contributed by atoms with Gasteiger partial charge in [-0.25, -0.2) is 8.78 Å². The van der Waals surface area contributed by atoms with E-state index in [-0.39, 0.29) is 24.2 Å². The molecule has 6 heteroatoms. The summed E-state index contributed by atoms with van der Waals surface area (Å²) in [6.07, 6.45) is 0.721. The molecule has 2 saturated heterocycles. The molecule has 2 aliphatic heterocycles. The summed E-state index contributed by atoms with van der Waals surface area (Å²) in [6, 6.07) is 3.47. The Morgan fingerprint density at radius 2 is 1.91 bits per heavy atom. The second-order valence-corrected chi connectivity index (χ2v) is 6.41. The van der Waals surface area contributed by atoms with Gasteiger partial charge in [-0.2, -0.15) is 0 Å². The molecule has 0 N–H and O–H groups in total. The van der Waals surface area contributed by atoms with Crippen LogP contribution in [0.5, 0.6) is 0 Å². The van der Waals surface area contributed by atoms with Crippen LogP contribution in [0.2, 0.25) is 0 Å². The first-order chi connectivity index (χ1) is 11.0. The number of nitrogens with zero attached hydrogens (tertiary/aromatic N) is 2. The maximum absolute atomic E-state index is 13.9. The minimum Gasteiger partial charge on any atom is -0.461 e. The molecule has 2 heterocycles. The van der Waals surface area contributed by atoms with E-state index in [9.17, 15) is 13.6 Å². The Morgan fingerprint density at radius 3 is 2.48 bits per heavy atom. The Balaban J connectivity index is 1.61. The largest absolute Gasteiger partial charge is 0.461 e. The molecule has 2 aliphatic rings. The summed E-state index contributed by atoms with van der Waals surface area (Å²) in [5.74, 6) is -1.20. The Kier molecular flexibility index (Phi) is 4.64. The van der Waals surface area contributed by atoms with Gasteiger partial charge in [0.1, 0.15) is 23.8 Å². The predicted molar refractivity (Wildman–Crippen MR) is 81.9 cm³/mol. The summed E-state index contributed by atoms with van der Waals surface area (Å²) in [7, 11) is 0. The molecule has 0 unspecified atom stereocenters. The van der Waals surface area contributed by atoms with Gasteiger partial charge in [-0.3, -0.25) is 14.6 Å². The molecule has 0 aliphatic carbocycles. The summed E-state index contributed by atoms with van der Waals surface area (Å²) in [5, 5.41) is 0. The van der Waals surface area contributed by atoms with Crippen LogP contribution in [0.4, 0.5) is 8.78 Å². The van der Waals surface area contributed by atoms with Gasteiger partial charge in [-0.05, 0) is 19.9 Å². The van der Waals surface area contributed by atoms with Crippen LogP contribution in [0.3, 0.4) is 0 Å². The second-order valence-electron chi connectivity index (χ2n) is 6.41. The van der Waals surface area contributed by atoms with Gasteiger partial charge in [-0.1, -0.05) is 6.07 Å². The van der Waals surface area contributed by atoms with E-state index in [0.29, 0.717) is 5.56 Å². The summed E-state index contributed by atoms with van der Waals surface area (Å²) in [5.41, 5.74) is 0.508. The molecule has 0 radical (unpaired) electrons. The lowest BCUT2D eigenvalue weighted by Gasteiger charge is -2.39. The Hall–Kier alpha value is -1.53. The van der Waals surface area contributed by atoms with Crippen LogP contribution in [0.15, 0.2) is 18.2 Å². The van der Waals surface area contributed by atoms with Crippen molar-refractivity contribution in [3.05, 3.63) is 35.4 Å². The SMILES string of the molecule is C[C@@H]1C[C@@H](N2CCN([C@H](C)c3ccc(F)cc3F)CC2)C(=O)O1. The number of halogens is 2. The van der Waals surface area contributed by atoms with Crippen molar-refractivity contribution in [2.75, 3.05) is 26.2 Å². The van der Waals surface area contributed by atoms with E-state index in [1.165, 1.54) is 12.1 Å². The van der Waals surface area contributed by atoms with Crippen LogP contribution < -0.4 is 0 Å². The first-order valence-corrected chi connectivity index (χ1v) is 8.09. The fraction of sp³-hybridized carbons (Fsp3) is 0.588. The highest BCUT2D eigenvalue weighted by atomic mass is 19.1. The molecule has 0 aromatic heterocycles. The average Bonchev–Trinajstić information content (AvgIpc) is 2.85. The lowest BCUT2D eigenvalue weighted by molar-refractivity contribution is -0.145. The lowest BCUT2D eigenvalue weighted by Crippen LogP contribution is -2.52. The van der Waals surface area contributed by atoms with E-state index in [0.717, 1.165) is 38.7 Å². The van der Waals surface area contributed by atoms with E-state index in [1.54, 1.807) is 0 Å². The molecule has 3 atom stereocenters. The van der Waals surface area contributed by atoms with Gasteiger partial charge in [-0.15, -0.1) is 0 Å². The fourth-order valence-electron chi connectivity index (χ4n) is 3.51. The molecule has 23 heavy (non-hydrogen) atoms. The van der Waals surface area contributed by atoms with Crippen LogP contribution in [-0.4, -0.2) is 54.1 Å². The highest BCUT2D eigenvalue weighted by Crippen LogP contribution is 2.27. The molecule has 126 valence electrons. The monoisotopic (exact) mass is 324 g/mol. The van der Waals surface area contributed by atoms with Crippen molar-refractivity contribution >= 4 is 5.97 Å². The Bertz CT molecular complexity index is 588. The predicted octanol–water partition coefficient (Wildman–Crippen LogP) is 2.35. The molecule has 4 nitrogen and oxygen atoms in total. The van der Waals surface area contributed by atoms with Gasteiger partial charge in [0, 0.05) is 50.3 Å². The highest BCUT2D eigenvalue weighted by molar-refractivity contribution is 5.78. The van der Waals surface area contributed by atoms with Gasteiger partial charge >= 0.3 is 5.97 Å². The third-order valence-corrected chi connectivity index (χ3v) is 4.89. The maximum Gasteiger partial charge on any atom is 0.323 e. The minimum atomic E-state index is -0.558. The van der Waals surface area contributed by atoms with Gasteiger partial charge in [0.25, 0.3) is 0 Å². The summed E-state index contributed by atoms with van der Waals surface area (Å²) < 4.78 is 32.2. The third-order valence-electron chi connectivity index (χ3n) is 4.89. The normalized spacial score (nSPS) is 27.9. The number of hydrogen-bond donors (Lipinski definition) is 0. The topological polar surface area (TPSA) is 32.8 Å². The van der Waals surface area contributed by atoms with Crippen molar-refractivity contribution in [1.29, 1.82) is 0 Å². The van der Waals surface area contributed by atoms with Gasteiger partial charge in [0.05, 0.1) is 0 Å². The first kappa shape index (κ1) is 16.3. The number of carbonyl (C=O) groups is 1. The molecule has 1 aromatic carbocycles.